The molecule has 1 aromatic carbocycles. The lowest BCUT2D eigenvalue weighted by Gasteiger charge is -2.34. The Kier molecular flexibility index (Phi) is 4.76. The maximum absolute atomic E-state index is 12.4. The molecule has 0 aliphatic heterocycles. The zero-order valence-corrected chi connectivity index (χ0v) is 15.4. The largest absolute Gasteiger partial charge is 0.466 e. The molecule has 4 N–H and O–H groups in total. The van der Waals surface area contributed by atoms with Gasteiger partial charge in [-0.15, -0.1) is 0 Å². The number of benzene rings is 1. The highest BCUT2D eigenvalue weighted by molar-refractivity contribution is 5.92. The minimum atomic E-state index is -0.483. The lowest BCUT2D eigenvalue weighted by molar-refractivity contribution is 0.1000. The molecule has 0 radical (unpaired) electrons. The average Bonchev–Trinajstić information content (AvgIpc) is 2.92. The van der Waals surface area contributed by atoms with Crippen LogP contribution >= 0.6 is 0 Å². The van der Waals surface area contributed by atoms with Crippen molar-refractivity contribution in [2.75, 3.05) is 0 Å². The van der Waals surface area contributed by atoms with Crippen molar-refractivity contribution < 1.29 is 14.0 Å². The van der Waals surface area contributed by atoms with Crippen LogP contribution in [0.2, 0.25) is 0 Å². The molecule has 0 fully saturated rings. The Bertz CT molecular complexity index is 839. The number of nitrogens with one attached hydrogen (secondary N) is 2. The molecule has 1 heterocycles. The number of primary amides is 1. The Morgan fingerprint density at radius 3 is 2.81 bits per heavy atom. The third kappa shape index (κ3) is 4.07. The third-order valence-corrected chi connectivity index (χ3v) is 4.71. The molecule has 1 unspecified atom stereocenters. The van der Waals surface area contributed by atoms with E-state index in [0.29, 0.717) is 12.1 Å². The van der Waals surface area contributed by atoms with Gasteiger partial charge in [-0.3, -0.25) is 4.79 Å². The van der Waals surface area contributed by atoms with Crippen molar-refractivity contribution in [3.63, 3.8) is 0 Å². The fourth-order valence-electron chi connectivity index (χ4n) is 3.54. The van der Waals surface area contributed by atoms with Crippen molar-refractivity contribution in [1.29, 1.82) is 0 Å². The van der Waals surface area contributed by atoms with Gasteiger partial charge in [-0.05, 0) is 42.5 Å². The molecular formula is C20H25N3O3. The molecule has 1 aromatic heterocycles. The highest BCUT2D eigenvalue weighted by Crippen LogP contribution is 2.41. The van der Waals surface area contributed by atoms with Gasteiger partial charge in [0.1, 0.15) is 11.5 Å². The van der Waals surface area contributed by atoms with Crippen LogP contribution in [0.15, 0.2) is 34.7 Å². The van der Waals surface area contributed by atoms with Crippen LogP contribution in [0.3, 0.4) is 0 Å². The van der Waals surface area contributed by atoms with Crippen LogP contribution in [0.5, 0.6) is 0 Å². The van der Waals surface area contributed by atoms with Crippen molar-refractivity contribution in [2.45, 2.75) is 46.2 Å². The van der Waals surface area contributed by atoms with E-state index < -0.39 is 5.91 Å². The first kappa shape index (κ1) is 18.0. The van der Waals surface area contributed by atoms with E-state index in [1.807, 2.05) is 19.1 Å². The summed E-state index contributed by atoms with van der Waals surface area (Å²) in [5.74, 6) is 1.34. The quantitative estimate of drug-likeness (QED) is 0.785. The molecule has 0 bridgehead atoms. The predicted octanol–water partition coefficient (Wildman–Crippen LogP) is 3.20. The molecule has 2 aromatic rings. The monoisotopic (exact) mass is 355 g/mol. The average molecular weight is 355 g/mol. The van der Waals surface area contributed by atoms with E-state index >= 15 is 0 Å². The SMILES string of the molecule is Cc1cc2c(o1)CC(C)(C)CC2NC(=O)NCc1cccc(C(N)=O)c1. The van der Waals surface area contributed by atoms with Crippen molar-refractivity contribution in [3.8, 4) is 0 Å². The first-order chi connectivity index (χ1) is 12.2. The number of hydrogen-bond donors (Lipinski definition) is 3. The first-order valence-corrected chi connectivity index (χ1v) is 8.76. The summed E-state index contributed by atoms with van der Waals surface area (Å²) in [5, 5.41) is 5.89. The second-order valence-corrected chi connectivity index (χ2v) is 7.72. The Labute approximate surface area is 153 Å². The van der Waals surface area contributed by atoms with Gasteiger partial charge < -0.3 is 20.8 Å². The summed E-state index contributed by atoms with van der Waals surface area (Å²) in [7, 11) is 0. The molecule has 3 amide bonds. The van der Waals surface area contributed by atoms with Gasteiger partial charge in [-0.1, -0.05) is 26.0 Å². The standard InChI is InChI=1S/C20H25N3O3/c1-12-7-15-16(9-20(2,3)10-17(15)26-12)23-19(25)22-11-13-5-4-6-14(8-13)18(21)24/h4-8,16H,9-11H2,1-3H3,(H2,21,24)(H2,22,23,25). The Hall–Kier alpha value is -2.76. The normalized spacial score (nSPS) is 18.0. The molecule has 0 spiro atoms. The molecule has 1 aliphatic rings. The number of carbonyl (C=O) groups is 2. The van der Waals surface area contributed by atoms with Crippen LogP contribution in [0, 0.1) is 12.3 Å². The second-order valence-electron chi connectivity index (χ2n) is 7.72. The third-order valence-electron chi connectivity index (χ3n) is 4.71. The highest BCUT2D eigenvalue weighted by Gasteiger charge is 2.35. The molecule has 6 heteroatoms. The van der Waals surface area contributed by atoms with E-state index in [0.717, 1.165) is 35.5 Å². The summed E-state index contributed by atoms with van der Waals surface area (Å²) in [4.78, 5) is 23.6. The van der Waals surface area contributed by atoms with Gasteiger partial charge in [-0.2, -0.15) is 0 Å². The summed E-state index contributed by atoms with van der Waals surface area (Å²) in [5.41, 5.74) is 7.66. The molecule has 1 atom stereocenters. The molecule has 0 saturated carbocycles. The molecule has 0 saturated heterocycles. The Balaban J connectivity index is 1.65. The van der Waals surface area contributed by atoms with E-state index in [9.17, 15) is 9.59 Å². The maximum Gasteiger partial charge on any atom is 0.315 e. The predicted molar refractivity (Wildman–Crippen MR) is 98.6 cm³/mol. The number of hydrogen-bond acceptors (Lipinski definition) is 3. The second kappa shape index (κ2) is 6.86. The molecular weight excluding hydrogens is 330 g/mol. The number of rotatable bonds is 4. The number of amides is 3. The van der Waals surface area contributed by atoms with Gasteiger partial charge in [0.25, 0.3) is 0 Å². The van der Waals surface area contributed by atoms with Crippen molar-refractivity contribution in [3.05, 3.63) is 58.5 Å². The van der Waals surface area contributed by atoms with Crippen LogP contribution in [-0.4, -0.2) is 11.9 Å². The number of carbonyl (C=O) groups excluding carboxylic acids is 2. The number of urea groups is 1. The summed E-state index contributed by atoms with van der Waals surface area (Å²) in [6.45, 7) is 6.60. The van der Waals surface area contributed by atoms with E-state index in [4.69, 9.17) is 10.2 Å². The van der Waals surface area contributed by atoms with Gasteiger partial charge in [0.05, 0.1) is 6.04 Å². The molecule has 138 valence electrons. The molecule has 3 rings (SSSR count). The van der Waals surface area contributed by atoms with Crippen molar-refractivity contribution >= 4 is 11.9 Å². The topological polar surface area (TPSA) is 97.4 Å². The van der Waals surface area contributed by atoms with Crippen LogP contribution in [-0.2, 0) is 13.0 Å². The fourth-order valence-corrected chi connectivity index (χ4v) is 3.54. The molecule has 26 heavy (non-hydrogen) atoms. The van der Waals surface area contributed by atoms with Gasteiger partial charge in [-0.25, -0.2) is 4.79 Å². The van der Waals surface area contributed by atoms with Crippen LogP contribution in [0.1, 0.15) is 59.3 Å². The van der Waals surface area contributed by atoms with Gasteiger partial charge in [0.2, 0.25) is 5.91 Å². The van der Waals surface area contributed by atoms with Gasteiger partial charge in [0.15, 0.2) is 0 Å². The van der Waals surface area contributed by atoms with Crippen LogP contribution < -0.4 is 16.4 Å². The summed E-state index contributed by atoms with van der Waals surface area (Å²) in [6.07, 6.45) is 1.72. The number of nitrogens with two attached hydrogens (primary N) is 1. The van der Waals surface area contributed by atoms with Crippen LogP contribution in [0.4, 0.5) is 4.79 Å². The van der Waals surface area contributed by atoms with Crippen LogP contribution in [0.25, 0.3) is 0 Å². The number of aryl methyl sites for hydroxylation is 1. The zero-order valence-electron chi connectivity index (χ0n) is 15.4. The minimum Gasteiger partial charge on any atom is -0.466 e. The van der Waals surface area contributed by atoms with Gasteiger partial charge in [0, 0.05) is 24.1 Å². The highest BCUT2D eigenvalue weighted by atomic mass is 16.3. The zero-order chi connectivity index (χ0) is 18.9. The summed E-state index contributed by atoms with van der Waals surface area (Å²) >= 11 is 0. The van der Waals surface area contributed by atoms with E-state index in [-0.39, 0.29) is 17.5 Å². The van der Waals surface area contributed by atoms with Gasteiger partial charge >= 0.3 is 6.03 Å². The van der Waals surface area contributed by atoms with E-state index in [1.54, 1.807) is 18.2 Å². The van der Waals surface area contributed by atoms with Crippen molar-refractivity contribution in [2.24, 2.45) is 11.1 Å². The summed E-state index contributed by atoms with van der Waals surface area (Å²) in [6, 6.07) is 8.60. The minimum absolute atomic E-state index is 0.0606. The molecule has 6 nitrogen and oxygen atoms in total. The Morgan fingerprint density at radius 2 is 2.08 bits per heavy atom. The van der Waals surface area contributed by atoms with E-state index in [2.05, 4.69) is 24.5 Å². The first-order valence-electron chi connectivity index (χ1n) is 8.76. The van der Waals surface area contributed by atoms with Crippen molar-refractivity contribution in [1.82, 2.24) is 10.6 Å². The molecule has 1 aliphatic carbocycles. The number of fused-ring (bicyclic) bond motifs is 1. The smallest absolute Gasteiger partial charge is 0.315 e. The lowest BCUT2D eigenvalue weighted by Crippen LogP contribution is -2.41. The number of furan rings is 1. The maximum atomic E-state index is 12.4. The van der Waals surface area contributed by atoms with E-state index in [1.165, 1.54) is 0 Å². The lowest BCUT2D eigenvalue weighted by atomic mass is 9.75. The fraction of sp³-hybridized carbons (Fsp3) is 0.400. The summed E-state index contributed by atoms with van der Waals surface area (Å²) < 4.78 is 5.80. The Morgan fingerprint density at radius 1 is 1.31 bits per heavy atom.